The number of hydrogen-bond donors (Lipinski definition) is 0. The maximum Gasteiger partial charge on any atom is 0.270 e. The van der Waals surface area contributed by atoms with Crippen molar-refractivity contribution in [1.82, 2.24) is 9.47 Å². The third-order valence-electron chi connectivity index (χ3n) is 4.61. The van der Waals surface area contributed by atoms with Gasteiger partial charge in [0.1, 0.15) is 5.69 Å². The fraction of sp³-hybridized carbons (Fsp3) is 0.667. The van der Waals surface area contributed by atoms with Crippen LogP contribution in [0.1, 0.15) is 56.1 Å². The molecule has 0 bridgehead atoms. The molecule has 0 N–H and O–H groups in total. The summed E-state index contributed by atoms with van der Waals surface area (Å²) < 4.78 is 3.18. The summed E-state index contributed by atoms with van der Waals surface area (Å²) in [5.41, 5.74) is 0.857. The van der Waals surface area contributed by atoms with Gasteiger partial charge >= 0.3 is 0 Å². The Kier molecular flexibility index (Phi) is 3.46. The van der Waals surface area contributed by atoms with Crippen molar-refractivity contribution in [3.63, 3.8) is 0 Å². The van der Waals surface area contributed by atoms with Gasteiger partial charge in [-0.2, -0.15) is 0 Å². The second-order valence-electron chi connectivity index (χ2n) is 6.04. The molecule has 0 spiro atoms. The van der Waals surface area contributed by atoms with E-state index in [-0.39, 0.29) is 5.91 Å². The van der Waals surface area contributed by atoms with Crippen LogP contribution < -0.4 is 0 Å². The molecule has 4 heteroatoms. The zero-order valence-electron chi connectivity index (χ0n) is 11.6. The first-order valence-corrected chi connectivity index (χ1v) is 8.05. The van der Waals surface area contributed by atoms with Gasteiger partial charge in [0.2, 0.25) is 0 Å². The molecule has 1 aliphatic carbocycles. The summed E-state index contributed by atoms with van der Waals surface area (Å²) >= 11 is 3.51. The number of carbonyl (C=O) groups excluding carboxylic acids is 1. The number of piperidine rings is 1. The van der Waals surface area contributed by atoms with Gasteiger partial charge in [-0.3, -0.25) is 4.79 Å². The summed E-state index contributed by atoms with van der Waals surface area (Å²) in [7, 11) is 0. The average Bonchev–Trinajstić information content (AvgIpc) is 3.15. The van der Waals surface area contributed by atoms with E-state index in [4.69, 9.17) is 0 Å². The molecule has 2 atom stereocenters. The van der Waals surface area contributed by atoms with Crippen LogP contribution in [-0.2, 0) is 0 Å². The SMILES string of the molecule is CC1CCCN(C(=O)c2cc(Br)cn2C2CC2)C1C. The second-order valence-corrected chi connectivity index (χ2v) is 6.96. The van der Waals surface area contributed by atoms with Crippen molar-refractivity contribution >= 4 is 21.8 Å². The summed E-state index contributed by atoms with van der Waals surface area (Å²) in [5, 5.41) is 0. The Balaban J connectivity index is 1.87. The van der Waals surface area contributed by atoms with Crippen LogP contribution in [0, 0.1) is 5.92 Å². The smallest absolute Gasteiger partial charge is 0.270 e. The summed E-state index contributed by atoms with van der Waals surface area (Å²) in [4.78, 5) is 14.9. The lowest BCUT2D eigenvalue weighted by Crippen LogP contribution is -2.46. The van der Waals surface area contributed by atoms with E-state index in [0.717, 1.165) is 23.1 Å². The van der Waals surface area contributed by atoms with Crippen molar-refractivity contribution in [1.29, 1.82) is 0 Å². The molecular formula is C15H21BrN2O. The van der Waals surface area contributed by atoms with Crippen molar-refractivity contribution in [2.45, 2.75) is 51.6 Å². The minimum absolute atomic E-state index is 0.205. The Bertz CT molecular complexity index is 492. The van der Waals surface area contributed by atoms with Gasteiger partial charge in [-0.15, -0.1) is 0 Å². The maximum absolute atomic E-state index is 12.8. The van der Waals surface area contributed by atoms with Gasteiger partial charge in [-0.1, -0.05) is 6.92 Å². The highest BCUT2D eigenvalue weighted by Gasteiger charge is 2.33. The first kappa shape index (κ1) is 13.2. The number of aromatic nitrogens is 1. The van der Waals surface area contributed by atoms with E-state index in [0.29, 0.717) is 18.0 Å². The quantitative estimate of drug-likeness (QED) is 0.811. The molecule has 1 saturated heterocycles. The number of amides is 1. The van der Waals surface area contributed by atoms with E-state index in [1.54, 1.807) is 0 Å². The Labute approximate surface area is 123 Å². The van der Waals surface area contributed by atoms with Crippen LogP contribution in [0.3, 0.4) is 0 Å². The van der Waals surface area contributed by atoms with Gasteiger partial charge in [0, 0.05) is 29.3 Å². The molecule has 1 saturated carbocycles. The Hall–Kier alpha value is -0.770. The van der Waals surface area contributed by atoms with E-state index in [9.17, 15) is 4.79 Å². The Morgan fingerprint density at radius 3 is 2.74 bits per heavy atom. The predicted octanol–water partition coefficient (Wildman–Crippen LogP) is 3.85. The lowest BCUT2D eigenvalue weighted by atomic mass is 9.92. The second kappa shape index (κ2) is 4.97. The minimum Gasteiger partial charge on any atom is -0.339 e. The van der Waals surface area contributed by atoms with E-state index >= 15 is 0 Å². The Morgan fingerprint density at radius 2 is 2.05 bits per heavy atom. The molecule has 1 aliphatic heterocycles. The van der Waals surface area contributed by atoms with E-state index < -0.39 is 0 Å². The molecule has 2 aliphatic rings. The van der Waals surface area contributed by atoms with Crippen molar-refractivity contribution in [3.05, 3.63) is 22.4 Å². The highest BCUT2D eigenvalue weighted by atomic mass is 79.9. The number of likely N-dealkylation sites (tertiary alicyclic amines) is 1. The number of nitrogens with zero attached hydrogens (tertiary/aromatic N) is 2. The summed E-state index contributed by atoms with van der Waals surface area (Å²) in [6.07, 6.45) is 6.82. The lowest BCUT2D eigenvalue weighted by Gasteiger charge is -2.38. The van der Waals surface area contributed by atoms with Crippen molar-refractivity contribution in [3.8, 4) is 0 Å². The van der Waals surface area contributed by atoms with Gasteiger partial charge in [0.25, 0.3) is 5.91 Å². The first-order valence-electron chi connectivity index (χ1n) is 7.26. The number of carbonyl (C=O) groups is 1. The molecule has 1 aromatic rings. The van der Waals surface area contributed by atoms with Crippen LogP contribution in [0.25, 0.3) is 0 Å². The van der Waals surface area contributed by atoms with E-state index in [1.165, 1.54) is 19.3 Å². The molecule has 2 unspecified atom stereocenters. The van der Waals surface area contributed by atoms with Gasteiger partial charge in [0.15, 0.2) is 0 Å². The first-order chi connectivity index (χ1) is 9.08. The molecule has 0 aromatic carbocycles. The van der Waals surface area contributed by atoms with E-state index in [1.807, 2.05) is 6.07 Å². The van der Waals surface area contributed by atoms with Crippen LogP contribution in [0.5, 0.6) is 0 Å². The van der Waals surface area contributed by atoms with Crippen LogP contribution in [-0.4, -0.2) is 28.0 Å². The van der Waals surface area contributed by atoms with E-state index in [2.05, 4.69) is 45.4 Å². The van der Waals surface area contributed by atoms with Gasteiger partial charge in [-0.05, 0) is 60.5 Å². The normalized spacial score (nSPS) is 27.6. The lowest BCUT2D eigenvalue weighted by molar-refractivity contribution is 0.0540. The van der Waals surface area contributed by atoms with Crippen molar-refractivity contribution < 1.29 is 4.79 Å². The predicted molar refractivity (Wildman–Crippen MR) is 79.3 cm³/mol. The molecule has 1 aromatic heterocycles. The zero-order valence-corrected chi connectivity index (χ0v) is 13.2. The molecule has 3 rings (SSSR count). The largest absolute Gasteiger partial charge is 0.339 e. The average molecular weight is 325 g/mol. The van der Waals surface area contributed by atoms with Gasteiger partial charge in [-0.25, -0.2) is 0 Å². The zero-order chi connectivity index (χ0) is 13.6. The van der Waals surface area contributed by atoms with Gasteiger partial charge < -0.3 is 9.47 Å². The van der Waals surface area contributed by atoms with Crippen molar-refractivity contribution in [2.75, 3.05) is 6.54 Å². The number of halogens is 1. The third-order valence-corrected chi connectivity index (χ3v) is 5.04. The molecule has 2 fully saturated rings. The molecule has 104 valence electrons. The molecule has 1 amide bonds. The highest BCUT2D eigenvalue weighted by molar-refractivity contribution is 9.10. The minimum atomic E-state index is 0.205. The standard InChI is InChI=1S/C15H21BrN2O/c1-10-4-3-7-17(11(10)2)15(19)14-8-12(16)9-18(14)13-5-6-13/h8-11,13H,3-7H2,1-2H3. The molecular weight excluding hydrogens is 304 g/mol. The monoisotopic (exact) mass is 324 g/mol. The van der Waals surface area contributed by atoms with Crippen LogP contribution in [0.2, 0.25) is 0 Å². The number of hydrogen-bond acceptors (Lipinski definition) is 1. The molecule has 3 nitrogen and oxygen atoms in total. The molecule has 0 radical (unpaired) electrons. The summed E-state index contributed by atoms with van der Waals surface area (Å²) in [6, 6.07) is 2.87. The summed E-state index contributed by atoms with van der Waals surface area (Å²) in [6.45, 7) is 5.33. The van der Waals surface area contributed by atoms with Crippen LogP contribution in [0.4, 0.5) is 0 Å². The fourth-order valence-corrected chi connectivity index (χ4v) is 3.48. The Morgan fingerprint density at radius 1 is 1.32 bits per heavy atom. The fourth-order valence-electron chi connectivity index (χ4n) is 3.04. The van der Waals surface area contributed by atoms with Crippen LogP contribution in [0.15, 0.2) is 16.7 Å². The van der Waals surface area contributed by atoms with Gasteiger partial charge in [0.05, 0.1) is 0 Å². The topological polar surface area (TPSA) is 25.2 Å². The van der Waals surface area contributed by atoms with Crippen LogP contribution >= 0.6 is 15.9 Å². The maximum atomic E-state index is 12.8. The molecule has 2 heterocycles. The number of rotatable bonds is 2. The molecule has 19 heavy (non-hydrogen) atoms. The third kappa shape index (κ3) is 2.47. The summed E-state index contributed by atoms with van der Waals surface area (Å²) in [5.74, 6) is 0.808. The highest BCUT2D eigenvalue weighted by Crippen LogP contribution is 2.38. The van der Waals surface area contributed by atoms with Crippen molar-refractivity contribution in [2.24, 2.45) is 5.92 Å².